The second-order valence-corrected chi connectivity index (χ2v) is 5.27. The highest BCUT2D eigenvalue weighted by molar-refractivity contribution is 9.11. The Kier molecular flexibility index (Phi) is 3.07. The van der Waals surface area contributed by atoms with Crippen molar-refractivity contribution in [3.05, 3.63) is 33.1 Å². The van der Waals surface area contributed by atoms with Gasteiger partial charge in [-0.2, -0.15) is 0 Å². The number of nitrogens with zero attached hydrogens (tertiary/aromatic N) is 2. The summed E-state index contributed by atoms with van der Waals surface area (Å²) in [4.78, 5) is 8.97. The van der Waals surface area contributed by atoms with E-state index in [1.165, 1.54) is 0 Å². The Hall–Kier alpha value is -0.480. The van der Waals surface area contributed by atoms with Crippen molar-refractivity contribution in [2.75, 3.05) is 0 Å². The van der Waals surface area contributed by atoms with Crippen molar-refractivity contribution in [2.45, 2.75) is 19.8 Å². The monoisotopic (exact) mass is 328 g/mol. The summed E-state index contributed by atoms with van der Waals surface area (Å²) in [6.45, 7) is 4.18. The fourth-order valence-corrected chi connectivity index (χ4v) is 2.31. The Balaban J connectivity index is 2.80. The summed E-state index contributed by atoms with van der Waals surface area (Å²) < 4.78 is 1.86. The molecular weight excluding hydrogens is 320 g/mol. The van der Waals surface area contributed by atoms with Gasteiger partial charge in [-0.15, -0.1) is 0 Å². The lowest BCUT2D eigenvalue weighted by molar-refractivity contribution is 0.778. The van der Waals surface area contributed by atoms with E-state index >= 15 is 0 Å². The van der Waals surface area contributed by atoms with Gasteiger partial charge in [0.05, 0.1) is 5.52 Å². The Morgan fingerprint density at radius 1 is 1.13 bits per heavy atom. The molecule has 0 fully saturated rings. The molecule has 2 nitrogen and oxygen atoms in total. The number of hydrogen-bond donors (Lipinski definition) is 0. The van der Waals surface area contributed by atoms with Crippen LogP contribution >= 0.6 is 31.9 Å². The minimum Gasteiger partial charge on any atom is -0.231 e. The molecule has 0 aliphatic rings. The van der Waals surface area contributed by atoms with E-state index in [0.29, 0.717) is 5.92 Å². The summed E-state index contributed by atoms with van der Waals surface area (Å²) >= 11 is 6.98. The predicted octanol–water partition coefficient (Wildman–Crippen LogP) is 4.28. The van der Waals surface area contributed by atoms with Gasteiger partial charge in [-0.25, -0.2) is 9.97 Å². The summed E-state index contributed by atoms with van der Waals surface area (Å²) in [6, 6.07) is 5.98. The second kappa shape index (κ2) is 4.18. The first-order valence-corrected chi connectivity index (χ1v) is 6.30. The van der Waals surface area contributed by atoms with Gasteiger partial charge in [-0.05, 0) is 44.0 Å². The fraction of sp³-hybridized carbons (Fsp3) is 0.273. The predicted molar refractivity (Wildman–Crippen MR) is 69.0 cm³/mol. The average molecular weight is 330 g/mol. The van der Waals surface area contributed by atoms with E-state index in [2.05, 4.69) is 55.7 Å². The molecule has 0 unspecified atom stereocenters. The summed E-state index contributed by atoms with van der Waals surface area (Å²) in [6.07, 6.45) is 0. The van der Waals surface area contributed by atoms with E-state index in [0.717, 1.165) is 25.8 Å². The van der Waals surface area contributed by atoms with E-state index < -0.39 is 0 Å². The molecule has 4 heteroatoms. The van der Waals surface area contributed by atoms with Crippen LogP contribution in [0.3, 0.4) is 0 Å². The number of rotatable bonds is 1. The van der Waals surface area contributed by atoms with Crippen LogP contribution in [0.4, 0.5) is 0 Å². The first-order chi connectivity index (χ1) is 7.09. The molecule has 0 spiro atoms. The number of halogens is 2. The van der Waals surface area contributed by atoms with Crippen LogP contribution in [0.15, 0.2) is 27.3 Å². The summed E-state index contributed by atoms with van der Waals surface area (Å²) in [5, 5.41) is 1.04. The molecule has 78 valence electrons. The second-order valence-electron chi connectivity index (χ2n) is 3.66. The molecule has 2 rings (SSSR count). The van der Waals surface area contributed by atoms with Gasteiger partial charge in [-0.1, -0.05) is 19.9 Å². The third-order valence-electron chi connectivity index (χ3n) is 2.16. The normalized spacial score (nSPS) is 11.3. The zero-order valence-corrected chi connectivity index (χ0v) is 11.6. The van der Waals surface area contributed by atoms with Crippen LogP contribution in [0.1, 0.15) is 25.6 Å². The molecule has 0 radical (unpaired) electrons. The maximum atomic E-state index is 4.55. The SMILES string of the molecule is CC(C)c1nc(Br)c2cccc(Br)c2n1. The van der Waals surface area contributed by atoms with Crippen LogP contribution in [-0.2, 0) is 0 Å². The quantitative estimate of drug-likeness (QED) is 0.730. The van der Waals surface area contributed by atoms with Gasteiger partial charge in [0.15, 0.2) is 0 Å². The standard InChI is InChI=1S/C11H10Br2N2/c1-6(2)11-14-9-7(10(13)15-11)4-3-5-8(9)12/h3-6H,1-2H3. The van der Waals surface area contributed by atoms with Crippen LogP contribution < -0.4 is 0 Å². The Bertz CT molecular complexity index is 509. The number of aromatic nitrogens is 2. The molecule has 0 aliphatic heterocycles. The lowest BCUT2D eigenvalue weighted by Gasteiger charge is -2.07. The first-order valence-electron chi connectivity index (χ1n) is 4.71. The lowest BCUT2D eigenvalue weighted by atomic mass is 10.2. The summed E-state index contributed by atoms with van der Waals surface area (Å²) in [5.74, 6) is 1.19. The number of hydrogen-bond acceptors (Lipinski definition) is 2. The van der Waals surface area contributed by atoms with Crippen molar-refractivity contribution < 1.29 is 0 Å². The number of fused-ring (bicyclic) bond motifs is 1. The Morgan fingerprint density at radius 2 is 1.87 bits per heavy atom. The van der Waals surface area contributed by atoms with Crippen molar-refractivity contribution >= 4 is 42.8 Å². The molecule has 1 heterocycles. The largest absolute Gasteiger partial charge is 0.231 e. The van der Waals surface area contributed by atoms with Crippen molar-refractivity contribution in [3.8, 4) is 0 Å². The minimum absolute atomic E-state index is 0.331. The molecule has 1 aromatic carbocycles. The van der Waals surface area contributed by atoms with Crippen molar-refractivity contribution in [3.63, 3.8) is 0 Å². The van der Waals surface area contributed by atoms with Crippen LogP contribution in [-0.4, -0.2) is 9.97 Å². The molecule has 2 aromatic rings. The van der Waals surface area contributed by atoms with Gasteiger partial charge in [0, 0.05) is 15.8 Å². The number of para-hydroxylation sites is 1. The summed E-state index contributed by atoms with van der Waals surface area (Å²) in [7, 11) is 0. The molecule has 0 saturated carbocycles. The highest BCUT2D eigenvalue weighted by Gasteiger charge is 2.09. The minimum atomic E-state index is 0.331. The highest BCUT2D eigenvalue weighted by atomic mass is 79.9. The zero-order valence-electron chi connectivity index (χ0n) is 8.46. The molecule has 0 aliphatic carbocycles. The zero-order chi connectivity index (χ0) is 11.0. The fourth-order valence-electron chi connectivity index (χ4n) is 1.35. The van der Waals surface area contributed by atoms with Gasteiger partial charge in [-0.3, -0.25) is 0 Å². The molecule has 0 amide bonds. The third-order valence-corrected chi connectivity index (χ3v) is 3.41. The molecule has 0 bridgehead atoms. The van der Waals surface area contributed by atoms with Crippen LogP contribution in [0.25, 0.3) is 10.9 Å². The maximum Gasteiger partial charge on any atom is 0.132 e. The molecule has 15 heavy (non-hydrogen) atoms. The maximum absolute atomic E-state index is 4.55. The topological polar surface area (TPSA) is 25.8 Å². The first kappa shape index (κ1) is 11.0. The molecule has 0 N–H and O–H groups in total. The van der Waals surface area contributed by atoms with E-state index in [-0.39, 0.29) is 0 Å². The molecule has 1 aromatic heterocycles. The van der Waals surface area contributed by atoms with E-state index in [9.17, 15) is 0 Å². The highest BCUT2D eigenvalue weighted by Crippen LogP contribution is 2.28. The van der Waals surface area contributed by atoms with Crippen molar-refractivity contribution in [2.24, 2.45) is 0 Å². The lowest BCUT2D eigenvalue weighted by Crippen LogP contribution is -1.98. The summed E-state index contributed by atoms with van der Waals surface area (Å²) in [5.41, 5.74) is 0.961. The third kappa shape index (κ3) is 2.06. The molecule has 0 atom stereocenters. The van der Waals surface area contributed by atoms with Gasteiger partial charge in [0.1, 0.15) is 10.4 Å². The van der Waals surface area contributed by atoms with Gasteiger partial charge in [0.2, 0.25) is 0 Å². The van der Waals surface area contributed by atoms with Crippen molar-refractivity contribution in [1.82, 2.24) is 9.97 Å². The van der Waals surface area contributed by atoms with Crippen molar-refractivity contribution in [1.29, 1.82) is 0 Å². The van der Waals surface area contributed by atoms with E-state index in [4.69, 9.17) is 0 Å². The van der Waals surface area contributed by atoms with E-state index in [1.54, 1.807) is 0 Å². The van der Waals surface area contributed by atoms with Gasteiger partial charge in [0.25, 0.3) is 0 Å². The molecule has 0 saturated heterocycles. The van der Waals surface area contributed by atoms with Gasteiger partial charge < -0.3 is 0 Å². The van der Waals surface area contributed by atoms with E-state index in [1.807, 2.05) is 18.2 Å². The van der Waals surface area contributed by atoms with Crippen LogP contribution in [0.5, 0.6) is 0 Å². The smallest absolute Gasteiger partial charge is 0.132 e. The van der Waals surface area contributed by atoms with Crippen LogP contribution in [0, 0.1) is 0 Å². The molecular formula is C11H10Br2N2. The van der Waals surface area contributed by atoms with Crippen LogP contribution in [0.2, 0.25) is 0 Å². The van der Waals surface area contributed by atoms with Gasteiger partial charge >= 0.3 is 0 Å². The number of benzene rings is 1. The average Bonchev–Trinajstić information content (AvgIpc) is 2.19. The Labute approximate surface area is 105 Å². The Morgan fingerprint density at radius 3 is 2.53 bits per heavy atom.